The molecule has 22 heavy (non-hydrogen) atoms. The van der Waals surface area contributed by atoms with Crippen molar-refractivity contribution < 1.29 is 9.22 Å². The van der Waals surface area contributed by atoms with Crippen molar-refractivity contribution in [2.24, 2.45) is 0 Å². The third-order valence-corrected chi connectivity index (χ3v) is 3.57. The summed E-state index contributed by atoms with van der Waals surface area (Å²) in [5, 5.41) is 8.99. The number of carbonyl (C=O) groups is 1. The number of rotatable bonds is 4. The van der Waals surface area contributed by atoms with Gasteiger partial charge in [0.25, 0.3) is 0 Å². The van der Waals surface area contributed by atoms with Gasteiger partial charge < -0.3 is 4.43 Å². The van der Waals surface area contributed by atoms with Gasteiger partial charge in [0.15, 0.2) is 14.4 Å². The standard InChI is InChI=1S/C11H15NOSi.C7H6O/c1-14(2,3)13-11(9-12)10-7-5-4-6-8-10;8-6-7-4-2-1-3-5-7/h4-8,11H,1-3H3;1-6H. The molecule has 1 atom stereocenters. The molecule has 3 nitrogen and oxygen atoms in total. The van der Waals surface area contributed by atoms with E-state index < -0.39 is 14.4 Å². The molecule has 0 saturated carbocycles. The summed E-state index contributed by atoms with van der Waals surface area (Å²) < 4.78 is 5.75. The highest BCUT2D eigenvalue weighted by molar-refractivity contribution is 6.69. The minimum atomic E-state index is -1.65. The fraction of sp³-hybridized carbons (Fsp3) is 0.222. The largest absolute Gasteiger partial charge is 0.399 e. The van der Waals surface area contributed by atoms with E-state index in [2.05, 4.69) is 25.7 Å². The van der Waals surface area contributed by atoms with E-state index in [-0.39, 0.29) is 0 Å². The van der Waals surface area contributed by atoms with Gasteiger partial charge in [-0.3, -0.25) is 4.79 Å². The molecular weight excluding hydrogens is 290 g/mol. The molecule has 2 rings (SSSR count). The number of nitrogens with zero attached hydrogens (tertiary/aromatic N) is 1. The van der Waals surface area contributed by atoms with Crippen LogP contribution in [0.4, 0.5) is 0 Å². The van der Waals surface area contributed by atoms with E-state index >= 15 is 0 Å². The van der Waals surface area contributed by atoms with Crippen LogP contribution in [0.5, 0.6) is 0 Å². The van der Waals surface area contributed by atoms with Gasteiger partial charge in [0.2, 0.25) is 0 Å². The molecule has 4 heteroatoms. The average Bonchev–Trinajstić information content (AvgIpc) is 2.54. The number of aldehydes is 1. The highest BCUT2D eigenvalue weighted by Gasteiger charge is 2.21. The first-order valence-electron chi connectivity index (χ1n) is 7.09. The Balaban J connectivity index is 0.000000255. The molecule has 0 amide bonds. The van der Waals surface area contributed by atoms with Crippen LogP contribution in [0.1, 0.15) is 22.0 Å². The van der Waals surface area contributed by atoms with Crippen LogP contribution in [0.25, 0.3) is 0 Å². The fourth-order valence-electron chi connectivity index (χ4n) is 1.68. The Morgan fingerprint density at radius 1 is 1.00 bits per heavy atom. The van der Waals surface area contributed by atoms with Gasteiger partial charge in [-0.25, -0.2) is 0 Å². The maximum Gasteiger partial charge on any atom is 0.186 e. The maximum absolute atomic E-state index is 10.0. The van der Waals surface area contributed by atoms with Crippen molar-refractivity contribution in [3.05, 3.63) is 71.8 Å². The molecule has 0 aliphatic heterocycles. The van der Waals surface area contributed by atoms with E-state index in [1.54, 1.807) is 12.1 Å². The average molecular weight is 311 g/mol. The Bertz CT molecular complexity index is 600. The lowest BCUT2D eigenvalue weighted by atomic mass is 10.1. The molecule has 0 fully saturated rings. The monoisotopic (exact) mass is 311 g/mol. The number of hydrogen-bond acceptors (Lipinski definition) is 3. The molecule has 0 heterocycles. The van der Waals surface area contributed by atoms with Crippen LogP contribution in [0, 0.1) is 11.3 Å². The highest BCUT2D eigenvalue weighted by atomic mass is 28.4. The number of benzene rings is 2. The number of nitriles is 1. The Hall–Kier alpha value is -2.22. The van der Waals surface area contributed by atoms with Crippen molar-refractivity contribution in [2.45, 2.75) is 25.7 Å². The third-order valence-electron chi connectivity index (χ3n) is 2.63. The molecule has 0 N–H and O–H groups in total. The SMILES string of the molecule is C[Si](C)(C)OC(C#N)c1ccccc1.O=Cc1ccccc1. The van der Waals surface area contributed by atoms with Gasteiger partial charge in [-0.15, -0.1) is 0 Å². The van der Waals surface area contributed by atoms with Gasteiger partial charge in [-0.05, 0) is 25.2 Å². The zero-order valence-electron chi connectivity index (χ0n) is 13.2. The summed E-state index contributed by atoms with van der Waals surface area (Å²) in [6.07, 6.45) is 0.419. The van der Waals surface area contributed by atoms with E-state index in [0.717, 1.165) is 17.4 Å². The van der Waals surface area contributed by atoms with Crippen molar-refractivity contribution >= 4 is 14.6 Å². The molecule has 0 radical (unpaired) electrons. The molecule has 2 aromatic rings. The van der Waals surface area contributed by atoms with E-state index in [1.807, 2.05) is 48.5 Å². The summed E-state index contributed by atoms with van der Waals surface area (Å²) in [5.41, 5.74) is 1.67. The van der Waals surface area contributed by atoms with Crippen LogP contribution in [-0.4, -0.2) is 14.6 Å². The topological polar surface area (TPSA) is 50.1 Å². The number of carbonyl (C=O) groups excluding carboxylic acids is 1. The van der Waals surface area contributed by atoms with Crippen molar-refractivity contribution in [3.8, 4) is 6.07 Å². The molecule has 0 aliphatic carbocycles. The van der Waals surface area contributed by atoms with Gasteiger partial charge >= 0.3 is 0 Å². The first kappa shape index (κ1) is 17.8. The third kappa shape index (κ3) is 6.98. The molecule has 0 aliphatic rings. The number of hydrogen-bond donors (Lipinski definition) is 0. The molecule has 0 bridgehead atoms. The normalized spacial score (nSPS) is 11.5. The van der Waals surface area contributed by atoms with Crippen molar-refractivity contribution in [2.75, 3.05) is 0 Å². The highest BCUT2D eigenvalue weighted by Crippen LogP contribution is 2.20. The van der Waals surface area contributed by atoms with Crippen molar-refractivity contribution in [1.82, 2.24) is 0 Å². The first-order chi connectivity index (χ1) is 10.5. The Morgan fingerprint density at radius 3 is 1.86 bits per heavy atom. The van der Waals surface area contributed by atoms with Crippen LogP contribution in [-0.2, 0) is 4.43 Å². The Morgan fingerprint density at radius 2 is 1.50 bits per heavy atom. The molecule has 0 aromatic heterocycles. The lowest BCUT2D eigenvalue weighted by molar-refractivity contribution is 0.112. The molecule has 1 unspecified atom stereocenters. The lowest BCUT2D eigenvalue weighted by Gasteiger charge is -2.21. The Labute approximate surface area is 133 Å². The second-order valence-electron chi connectivity index (χ2n) is 5.68. The quantitative estimate of drug-likeness (QED) is 0.612. The minimum absolute atomic E-state index is 0.414. The summed E-state index contributed by atoms with van der Waals surface area (Å²) in [4.78, 5) is 10.0. The van der Waals surface area contributed by atoms with Crippen molar-refractivity contribution in [3.63, 3.8) is 0 Å². The second kappa shape index (κ2) is 8.93. The first-order valence-corrected chi connectivity index (χ1v) is 10.5. The zero-order chi connectivity index (χ0) is 16.4. The summed E-state index contributed by atoms with van der Waals surface area (Å²) >= 11 is 0. The van der Waals surface area contributed by atoms with Gasteiger partial charge in [-0.2, -0.15) is 5.26 Å². The lowest BCUT2D eigenvalue weighted by Crippen LogP contribution is -2.27. The van der Waals surface area contributed by atoms with Gasteiger partial charge in [0.1, 0.15) is 6.29 Å². The van der Waals surface area contributed by atoms with Gasteiger partial charge in [0.05, 0.1) is 6.07 Å². The van der Waals surface area contributed by atoms with E-state index in [0.29, 0.717) is 0 Å². The minimum Gasteiger partial charge on any atom is -0.399 e. The summed E-state index contributed by atoms with van der Waals surface area (Å²) in [7, 11) is -1.65. The summed E-state index contributed by atoms with van der Waals surface area (Å²) in [5.74, 6) is 0. The van der Waals surface area contributed by atoms with Crippen LogP contribution < -0.4 is 0 Å². The fourth-order valence-corrected chi connectivity index (χ4v) is 2.58. The van der Waals surface area contributed by atoms with Crippen LogP contribution in [0.15, 0.2) is 60.7 Å². The van der Waals surface area contributed by atoms with Gasteiger partial charge in [-0.1, -0.05) is 60.7 Å². The second-order valence-corrected chi connectivity index (χ2v) is 10.1. The van der Waals surface area contributed by atoms with E-state index in [9.17, 15) is 4.79 Å². The predicted molar refractivity (Wildman–Crippen MR) is 91.1 cm³/mol. The molecule has 2 aromatic carbocycles. The molecule has 114 valence electrons. The van der Waals surface area contributed by atoms with Crippen LogP contribution in [0.3, 0.4) is 0 Å². The molecular formula is C18H21NO2Si. The zero-order valence-corrected chi connectivity index (χ0v) is 14.2. The van der Waals surface area contributed by atoms with E-state index in [4.69, 9.17) is 9.69 Å². The van der Waals surface area contributed by atoms with Crippen molar-refractivity contribution in [1.29, 1.82) is 5.26 Å². The smallest absolute Gasteiger partial charge is 0.186 e. The molecule has 0 spiro atoms. The Kier molecular flexibility index (Phi) is 7.24. The van der Waals surface area contributed by atoms with Crippen LogP contribution in [0.2, 0.25) is 19.6 Å². The van der Waals surface area contributed by atoms with E-state index in [1.165, 1.54) is 0 Å². The molecule has 0 saturated heterocycles. The van der Waals surface area contributed by atoms with Gasteiger partial charge in [0, 0.05) is 5.56 Å². The predicted octanol–water partition coefficient (Wildman–Crippen LogP) is 4.60. The summed E-state index contributed by atoms with van der Waals surface area (Å²) in [6, 6.07) is 20.9. The van der Waals surface area contributed by atoms with Crippen LogP contribution >= 0.6 is 0 Å². The maximum atomic E-state index is 10.0. The summed E-state index contributed by atoms with van der Waals surface area (Å²) in [6.45, 7) is 6.25.